The summed E-state index contributed by atoms with van der Waals surface area (Å²) < 4.78 is 1.44. The van der Waals surface area contributed by atoms with Crippen LogP contribution >= 0.6 is 11.3 Å². The van der Waals surface area contributed by atoms with Crippen LogP contribution in [0.4, 0.5) is 5.69 Å². The summed E-state index contributed by atoms with van der Waals surface area (Å²) in [6.45, 7) is 5.77. The van der Waals surface area contributed by atoms with Crippen molar-refractivity contribution in [3.05, 3.63) is 57.5 Å². The summed E-state index contributed by atoms with van der Waals surface area (Å²) in [5.41, 5.74) is 1.43. The lowest BCUT2D eigenvalue weighted by Crippen LogP contribution is -2.36. The Bertz CT molecular complexity index is 958. The van der Waals surface area contributed by atoms with Crippen molar-refractivity contribution >= 4 is 33.1 Å². The van der Waals surface area contributed by atoms with Crippen LogP contribution in [0.1, 0.15) is 29.1 Å². The SMILES string of the molecule is Cc1c(C(=O)N(c2ccccc2)C(C)C)sc2ncn(C)c(=O)c12. The number of benzene rings is 1. The van der Waals surface area contributed by atoms with Gasteiger partial charge in [0.25, 0.3) is 11.5 Å². The van der Waals surface area contributed by atoms with Gasteiger partial charge < -0.3 is 9.47 Å². The second-order valence-electron chi connectivity index (χ2n) is 6.00. The fourth-order valence-corrected chi connectivity index (χ4v) is 3.84. The average molecular weight is 341 g/mol. The van der Waals surface area contributed by atoms with E-state index in [2.05, 4.69) is 4.98 Å². The number of rotatable bonds is 3. The molecule has 2 heterocycles. The summed E-state index contributed by atoms with van der Waals surface area (Å²) in [6, 6.07) is 9.57. The van der Waals surface area contributed by atoms with Gasteiger partial charge in [0.1, 0.15) is 4.83 Å². The number of amides is 1. The van der Waals surface area contributed by atoms with Gasteiger partial charge in [-0.15, -0.1) is 11.3 Å². The maximum absolute atomic E-state index is 13.2. The first-order valence-electron chi connectivity index (χ1n) is 7.75. The highest BCUT2D eigenvalue weighted by molar-refractivity contribution is 7.20. The van der Waals surface area contributed by atoms with Crippen molar-refractivity contribution in [2.45, 2.75) is 26.8 Å². The molecule has 0 aliphatic carbocycles. The molecule has 0 fully saturated rings. The minimum absolute atomic E-state index is 0.000282. The van der Waals surface area contributed by atoms with Crippen LogP contribution in [0, 0.1) is 6.92 Å². The van der Waals surface area contributed by atoms with Gasteiger partial charge >= 0.3 is 0 Å². The van der Waals surface area contributed by atoms with E-state index >= 15 is 0 Å². The van der Waals surface area contributed by atoms with E-state index in [1.54, 1.807) is 11.9 Å². The molecule has 0 N–H and O–H groups in total. The minimum Gasteiger partial charge on any atom is -0.305 e. The number of para-hydroxylation sites is 1. The summed E-state index contributed by atoms with van der Waals surface area (Å²) in [6.07, 6.45) is 1.49. The number of carbonyl (C=O) groups excluding carboxylic acids is 1. The van der Waals surface area contributed by atoms with Crippen molar-refractivity contribution in [1.82, 2.24) is 9.55 Å². The van der Waals surface area contributed by atoms with Gasteiger partial charge in [-0.25, -0.2) is 4.98 Å². The number of nitrogens with zero attached hydrogens (tertiary/aromatic N) is 3. The van der Waals surface area contributed by atoms with Crippen LogP contribution in [-0.2, 0) is 7.05 Å². The number of fused-ring (bicyclic) bond motifs is 1. The molecule has 2 aromatic heterocycles. The molecule has 0 bridgehead atoms. The molecular weight excluding hydrogens is 322 g/mol. The molecule has 0 radical (unpaired) electrons. The number of hydrogen-bond donors (Lipinski definition) is 0. The monoisotopic (exact) mass is 341 g/mol. The first-order chi connectivity index (χ1) is 11.4. The highest BCUT2D eigenvalue weighted by Gasteiger charge is 2.26. The van der Waals surface area contributed by atoms with E-state index in [1.807, 2.05) is 51.1 Å². The van der Waals surface area contributed by atoms with Crippen LogP contribution < -0.4 is 10.5 Å². The summed E-state index contributed by atoms with van der Waals surface area (Å²) in [5, 5.41) is 0.533. The molecule has 0 spiro atoms. The first kappa shape index (κ1) is 16.4. The smallest absolute Gasteiger partial charge is 0.268 e. The Labute approximate surface area is 144 Å². The molecule has 24 heavy (non-hydrogen) atoms. The molecule has 0 aliphatic heterocycles. The topological polar surface area (TPSA) is 55.2 Å². The van der Waals surface area contributed by atoms with E-state index in [-0.39, 0.29) is 17.5 Å². The minimum atomic E-state index is -0.122. The van der Waals surface area contributed by atoms with E-state index < -0.39 is 0 Å². The van der Waals surface area contributed by atoms with E-state index in [1.165, 1.54) is 22.2 Å². The number of anilines is 1. The van der Waals surface area contributed by atoms with Crippen LogP contribution in [0.5, 0.6) is 0 Å². The maximum atomic E-state index is 13.2. The molecule has 1 aromatic carbocycles. The largest absolute Gasteiger partial charge is 0.305 e. The van der Waals surface area contributed by atoms with Gasteiger partial charge in [-0.2, -0.15) is 0 Å². The number of aromatic nitrogens is 2. The number of thiophene rings is 1. The van der Waals surface area contributed by atoms with Gasteiger partial charge in [0, 0.05) is 18.8 Å². The highest BCUT2D eigenvalue weighted by Crippen LogP contribution is 2.30. The molecule has 0 aliphatic rings. The third-order valence-corrected chi connectivity index (χ3v) is 5.16. The third-order valence-electron chi connectivity index (χ3n) is 3.97. The average Bonchev–Trinajstić information content (AvgIpc) is 2.89. The van der Waals surface area contributed by atoms with E-state index in [0.29, 0.717) is 20.7 Å². The van der Waals surface area contributed by atoms with Crippen molar-refractivity contribution in [3.8, 4) is 0 Å². The van der Waals surface area contributed by atoms with Crippen LogP contribution in [0.2, 0.25) is 0 Å². The van der Waals surface area contributed by atoms with Gasteiger partial charge in [0.2, 0.25) is 0 Å². The Balaban J connectivity index is 2.15. The summed E-state index contributed by atoms with van der Waals surface area (Å²) in [5.74, 6) is -0.0984. The second-order valence-corrected chi connectivity index (χ2v) is 7.00. The van der Waals surface area contributed by atoms with Crippen molar-refractivity contribution in [3.63, 3.8) is 0 Å². The van der Waals surface area contributed by atoms with Crippen molar-refractivity contribution in [2.24, 2.45) is 7.05 Å². The highest BCUT2D eigenvalue weighted by atomic mass is 32.1. The first-order valence-corrected chi connectivity index (χ1v) is 8.56. The summed E-state index contributed by atoms with van der Waals surface area (Å²) in [7, 11) is 1.66. The predicted molar refractivity (Wildman–Crippen MR) is 98.0 cm³/mol. The van der Waals surface area contributed by atoms with Gasteiger partial charge in [-0.05, 0) is 38.5 Å². The Hall–Kier alpha value is -2.47. The third kappa shape index (κ3) is 2.63. The maximum Gasteiger partial charge on any atom is 0.268 e. The van der Waals surface area contributed by atoms with Crippen LogP contribution in [-0.4, -0.2) is 21.5 Å². The molecule has 3 rings (SSSR count). The Morgan fingerprint density at radius 1 is 1.25 bits per heavy atom. The quantitative estimate of drug-likeness (QED) is 0.734. The molecule has 3 aromatic rings. The molecule has 0 unspecified atom stereocenters. The Kier molecular flexibility index (Phi) is 4.24. The van der Waals surface area contributed by atoms with Gasteiger partial charge in [-0.3, -0.25) is 9.59 Å². The normalized spacial score (nSPS) is 11.2. The molecule has 124 valence electrons. The van der Waals surface area contributed by atoms with E-state index in [0.717, 1.165) is 5.69 Å². The Morgan fingerprint density at radius 2 is 1.92 bits per heavy atom. The van der Waals surface area contributed by atoms with Gasteiger partial charge in [-0.1, -0.05) is 18.2 Å². The fraction of sp³-hybridized carbons (Fsp3) is 0.278. The fourth-order valence-electron chi connectivity index (χ4n) is 2.76. The zero-order valence-corrected chi connectivity index (χ0v) is 14.9. The van der Waals surface area contributed by atoms with Gasteiger partial charge in [0.15, 0.2) is 0 Å². The van der Waals surface area contributed by atoms with Crippen molar-refractivity contribution in [2.75, 3.05) is 4.90 Å². The van der Waals surface area contributed by atoms with E-state index in [4.69, 9.17) is 0 Å². The molecular formula is C18H19N3O2S. The van der Waals surface area contributed by atoms with Crippen LogP contribution in [0.3, 0.4) is 0 Å². The lowest BCUT2D eigenvalue weighted by atomic mass is 10.1. The van der Waals surface area contributed by atoms with Gasteiger partial charge in [0.05, 0.1) is 16.6 Å². The molecule has 5 nitrogen and oxygen atoms in total. The van der Waals surface area contributed by atoms with Crippen molar-refractivity contribution in [1.29, 1.82) is 0 Å². The predicted octanol–water partition coefficient (Wildman–Crippen LogP) is 3.36. The Morgan fingerprint density at radius 3 is 2.54 bits per heavy atom. The molecule has 0 atom stereocenters. The molecule has 0 saturated heterocycles. The molecule has 1 amide bonds. The standard InChI is InChI=1S/C18H19N3O2S/c1-11(2)21(13-8-6-5-7-9-13)18(23)15-12(3)14-16(24-15)19-10-20(4)17(14)22/h5-11H,1-4H3. The van der Waals surface area contributed by atoms with Crippen LogP contribution in [0.25, 0.3) is 10.2 Å². The van der Waals surface area contributed by atoms with E-state index in [9.17, 15) is 9.59 Å². The second kappa shape index (κ2) is 6.20. The zero-order chi connectivity index (χ0) is 17.4. The summed E-state index contributed by atoms with van der Waals surface area (Å²) in [4.78, 5) is 32.8. The molecule has 0 saturated carbocycles. The van der Waals surface area contributed by atoms with Crippen molar-refractivity contribution < 1.29 is 4.79 Å². The zero-order valence-electron chi connectivity index (χ0n) is 14.1. The van der Waals surface area contributed by atoms with Crippen LogP contribution in [0.15, 0.2) is 41.5 Å². The number of carbonyl (C=O) groups is 1. The summed E-state index contributed by atoms with van der Waals surface area (Å²) >= 11 is 1.28. The molecule has 6 heteroatoms. The lowest BCUT2D eigenvalue weighted by molar-refractivity contribution is 0.0983. The lowest BCUT2D eigenvalue weighted by Gasteiger charge is -2.26. The number of hydrogen-bond acceptors (Lipinski definition) is 4. The number of aryl methyl sites for hydroxylation is 2.